The fourth-order valence-electron chi connectivity index (χ4n) is 1.27. The van der Waals surface area contributed by atoms with Gasteiger partial charge in [-0.25, -0.2) is 4.68 Å². The Morgan fingerprint density at radius 3 is 2.72 bits per heavy atom. The quantitative estimate of drug-likeness (QED) is 0.729. The summed E-state index contributed by atoms with van der Waals surface area (Å²) in [6.07, 6.45) is 6.26. The Hall–Kier alpha value is -1.58. The van der Waals surface area contributed by atoms with Crippen LogP contribution in [0.1, 0.15) is 33.3 Å². The zero-order chi connectivity index (χ0) is 13.8. The zero-order valence-corrected chi connectivity index (χ0v) is 11.8. The van der Waals surface area contributed by atoms with Gasteiger partial charge in [0.15, 0.2) is 0 Å². The number of carbonyl (C=O) groups is 1. The first-order valence-corrected chi connectivity index (χ1v) is 6.18. The maximum absolute atomic E-state index is 10.8. The molecular formula is C14H22N2O2. The first kappa shape index (κ1) is 14.5. The van der Waals surface area contributed by atoms with E-state index in [1.165, 1.54) is 0 Å². The van der Waals surface area contributed by atoms with Crippen molar-refractivity contribution >= 4 is 12.5 Å². The second-order valence-electron chi connectivity index (χ2n) is 5.54. The van der Waals surface area contributed by atoms with Gasteiger partial charge in [0.2, 0.25) is 5.88 Å². The third kappa shape index (κ3) is 4.02. The van der Waals surface area contributed by atoms with Crippen LogP contribution in [0.15, 0.2) is 12.3 Å². The molecule has 4 heteroatoms. The summed E-state index contributed by atoms with van der Waals surface area (Å²) in [5, 5.41) is 4.22. The van der Waals surface area contributed by atoms with Gasteiger partial charge in [0, 0.05) is 17.2 Å². The van der Waals surface area contributed by atoms with Gasteiger partial charge in [-0.1, -0.05) is 19.9 Å². The van der Waals surface area contributed by atoms with Crippen LogP contribution in [0, 0.1) is 18.3 Å². The summed E-state index contributed by atoms with van der Waals surface area (Å²) in [5.41, 5.74) is 0.499. The van der Waals surface area contributed by atoms with Crippen LogP contribution in [0.4, 0.5) is 0 Å². The number of aryl methyl sites for hydroxylation is 1. The van der Waals surface area contributed by atoms with Gasteiger partial charge in [0.1, 0.15) is 6.29 Å². The van der Waals surface area contributed by atoms with Gasteiger partial charge in [-0.2, -0.15) is 5.10 Å². The number of carbonyl (C=O) groups excluding carboxylic acids is 1. The van der Waals surface area contributed by atoms with Crippen molar-refractivity contribution in [3.05, 3.63) is 17.8 Å². The summed E-state index contributed by atoms with van der Waals surface area (Å²) in [5.74, 6) is 1.20. The van der Waals surface area contributed by atoms with Crippen molar-refractivity contribution in [3.8, 4) is 5.88 Å². The van der Waals surface area contributed by atoms with Gasteiger partial charge in [0.25, 0.3) is 0 Å². The van der Waals surface area contributed by atoms with Crippen LogP contribution in [0.25, 0.3) is 6.20 Å². The van der Waals surface area contributed by atoms with Crippen LogP contribution in [0.3, 0.4) is 0 Å². The van der Waals surface area contributed by atoms with Gasteiger partial charge >= 0.3 is 0 Å². The zero-order valence-electron chi connectivity index (χ0n) is 11.8. The summed E-state index contributed by atoms with van der Waals surface area (Å²) < 4.78 is 7.40. The lowest BCUT2D eigenvalue weighted by molar-refractivity contribution is -0.112. The molecule has 1 rings (SSSR count). The Kier molecular flexibility index (Phi) is 4.70. The predicted octanol–water partition coefficient (Wildman–Crippen LogP) is 2.92. The van der Waals surface area contributed by atoms with Gasteiger partial charge in [-0.3, -0.25) is 0 Å². The highest BCUT2D eigenvalue weighted by atomic mass is 16.5. The highest BCUT2D eigenvalue weighted by molar-refractivity contribution is 5.62. The molecule has 0 aromatic carbocycles. The van der Waals surface area contributed by atoms with Gasteiger partial charge in [-0.15, -0.1) is 0 Å². The van der Waals surface area contributed by atoms with Crippen LogP contribution in [-0.2, 0) is 4.79 Å². The fourth-order valence-corrected chi connectivity index (χ4v) is 1.27. The summed E-state index contributed by atoms with van der Waals surface area (Å²) in [6.45, 7) is 10.5. The molecule has 1 aromatic rings. The van der Waals surface area contributed by atoms with E-state index in [1.807, 2.05) is 26.8 Å². The standard InChI is InChI=1S/C14H22N2O2/c1-11(2)9-18-13-12(3)8-15-16(13)7-6-14(4,5)10-17/h6-8,10-11H,9H2,1-5H3/b7-6+. The molecule has 0 radical (unpaired) electrons. The molecule has 0 saturated heterocycles. The second kappa shape index (κ2) is 5.85. The largest absolute Gasteiger partial charge is 0.477 e. The molecule has 0 bridgehead atoms. The second-order valence-corrected chi connectivity index (χ2v) is 5.54. The Morgan fingerprint density at radius 2 is 2.17 bits per heavy atom. The Balaban J connectivity index is 2.87. The van der Waals surface area contributed by atoms with E-state index < -0.39 is 5.41 Å². The first-order valence-electron chi connectivity index (χ1n) is 6.18. The van der Waals surface area contributed by atoms with Crippen LogP contribution in [0.2, 0.25) is 0 Å². The first-order chi connectivity index (χ1) is 8.35. The molecule has 0 atom stereocenters. The molecule has 100 valence electrons. The average molecular weight is 250 g/mol. The van der Waals surface area contributed by atoms with Crippen LogP contribution < -0.4 is 4.74 Å². The molecule has 0 spiro atoms. The number of allylic oxidation sites excluding steroid dienone is 1. The van der Waals surface area contributed by atoms with E-state index in [0.29, 0.717) is 12.5 Å². The molecule has 0 aliphatic carbocycles. The summed E-state index contributed by atoms with van der Waals surface area (Å²) >= 11 is 0. The average Bonchev–Trinajstić information content (AvgIpc) is 2.65. The lowest BCUT2D eigenvalue weighted by Gasteiger charge is -2.12. The van der Waals surface area contributed by atoms with Crippen molar-refractivity contribution in [3.63, 3.8) is 0 Å². The minimum absolute atomic E-state index is 0.461. The van der Waals surface area contributed by atoms with Crippen molar-refractivity contribution in [2.24, 2.45) is 11.3 Å². The van der Waals surface area contributed by atoms with E-state index in [2.05, 4.69) is 18.9 Å². The summed E-state index contributed by atoms with van der Waals surface area (Å²) in [4.78, 5) is 10.8. The Bertz CT molecular complexity index is 431. The maximum atomic E-state index is 10.8. The predicted molar refractivity (Wildman–Crippen MR) is 72.5 cm³/mol. The number of hydrogen-bond acceptors (Lipinski definition) is 3. The minimum Gasteiger partial charge on any atom is -0.477 e. The van der Waals surface area contributed by atoms with Crippen molar-refractivity contribution in [2.75, 3.05) is 6.61 Å². The SMILES string of the molecule is Cc1cnn(/C=C/C(C)(C)C=O)c1OCC(C)C. The maximum Gasteiger partial charge on any atom is 0.219 e. The van der Waals surface area contributed by atoms with E-state index >= 15 is 0 Å². The highest BCUT2D eigenvalue weighted by Gasteiger charge is 2.13. The molecule has 18 heavy (non-hydrogen) atoms. The molecule has 0 saturated carbocycles. The third-order valence-corrected chi connectivity index (χ3v) is 2.42. The van der Waals surface area contributed by atoms with E-state index in [0.717, 1.165) is 17.7 Å². The molecule has 0 fully saturated rings. The summed E-state index contributed by atoms with van der Waals surface area (Å²) in [7, 11) is 0. The molecule has 0 N–H and O–H groups in total. The van der Waals surface area contributed by atoms with Crippen molar-refractivity contribution in [2.45, 2.75) is 34.6 Å². The number of rotatable bonds is 6. The molecule has 0 unspecified atom stereocenters. The van der Waals surface area contributed by atoms with Crippen LogP contribution in [0.5, 0.6) is 5.88 Å². The highest BCUT2D eigenvalue weighted by Crippen LogP contribution is 2.20. The minimum atomic E-state index is -0.491. The lowest BCUT2D eigenvalue weighted by atomic mass is 9.96. The van der Waals surface area contributed by atoms with Crippen molar-refractivity contribution < 1.29 is 9.53 Å². The topological polar surface area (TPSA) is 44.1 Å². The van der Waals surface area contributed by atoms with Crippen LogP contribution in [-0.4, -0.2) is 22.7 Å². The smallest absolute Gasteiger partial charge is 0.219 e. The lowest BCUT2D eigenvalue weighted by Crippen LogP contribution is -2.10. The van der Waals surface area contributed by atoms with E-state index in [-0.39, 0.29) is 0 Å². The molecule has 1 heterocycles. The van der Waals surface area contributed by atoms with Gasteiger partial charge in [0.05, 0.1) is 12.8 Å². The molecule has 0 amide bonds. The Morgan fingerprint density at radius 1 is 1.50 bits per heavy atom. The number of aldehydes is 1. The molecular weight excluding hydrogens is 228 g/mol. The van der Waals surface area contributed by atoms with Gasteiger partial charge < -0.3 is 9.53 Å². The normalized spacial score (nSPS) is 12.3. The molecule has 1 aromatic heterocycles. The van der Waals surface area contributed by atoms with Crippen LogP contribution >= 0.6 is 0 Å². The number of aromatic nitrogens is 2. The number of nitrogens with zero attached hydrogens (tertiary/aromatic N) is 2. The number of ether oxygens (including phenoxy) is 1. The van der Waals surface area contributed by atoms with E-state index in [1.54, 1.807) is 17.1 Å². The van der Waals surface area contributed by atoms with E-state index in [4.69, 9.17) is 4.74 Å². The van der Waals surface area contributed by atoms with Crippen molar-refractivity contribution in [1.82, 2.24) is 9.78 Å². The third-order valence-electron chi connectivity index (χ3n) is 2.42. The van der Waals surface area contributed by atoms with Gasteiger partial charge in [-0.05, 0) is 26.7 Å². The molecule has 0 aliphatic rings. The molecule has 4 nitrogen and oxygen atoms in total. The van der Waals surface area contributed by atoms with Crippen molar-refractivity contribution in [1.29, 1.82) is 0 Å². The number of hydrogen-bond donors (Lipinski definition) is 0. The van der Waals surface area contributed by atoms with E-state index in [9.17, 15) is 4.79 Å². The summed E-state index contributed by atoms with van der Waals surface area (Å²) in [6, 6.07) is 0. The monoisotopic (exact) mass is 250 g/mol. The Labute approximate surface area is 109 Å². The fraction of sp³-hybridized carbons (Fsp3) is 0.571. The molecule has 0 aliphatic heterocycles.